The van der Waals surface area contributed by atoms with E-state index in [1.165, 1.54) is 4.68 Å². The van der Waals surface area contributed by atoms with Crippen molar-refractivity contribution in [2.75, 3.05) is 0 Å². The van der Waals surface area contributed by atoms with Gasteiger partial charge in [-0.15, -0.1) is 0 Å². The molecule has 0 aliphatic heterocycles. The first-order chi connectivity index (χ1) is 8.43. The summed E-state index contributed by atoms with van der Waals surface area (Å²) in [6.07, 6.45) is 0. The number of benzene rings is 1. The summed E-state index contributed by atoms with van der Waals surface area (Å²) in [6, 6.07) is 4.77. The number of hydrogen-bond donors (Lipinski definition) is 1. The van der Waals surface area contributed by atoms with Crippen molar-refractivity contribution in [1.29, 1.82) is 0 Å². The highest BCUT2D eigenvalue weighted by atomic mass is 35.5. The van der Waals surface area contributed by atoms with Crippen molar-refractivity contribution in [2.45, 2.75) is 6.92 Å². The second kappa shape index (κ2) is 4.63. The Bertz CT molecular complexity index is 666. The van der Waals surface area contributed by atoms with Crippen LogP contribution in [-0.4, -0.2) is 15.6 Å². The summed E-state index contributed by atoms with van der Waals surface area (Å²) < 4.78 is 1.24. The molecule has 94 valence electrons. The molecule has 1 N–H and O–H groups in total. The van der Waals surface area contributed by atoms with E-state index in [-0.39, 0.29) is 21.2 Å². The summed E-state index contributed by atoms with van der Waals surface area (Å²) in [6.45, 7) is 1.65. The zero-order valence-electron chi connectivity index (χ0n) is 9.75. The minimum Gasteiger partial charge on any atom is -0.299 e. The number of hydrogen-bond acceptors (Lipinski definition) is 2. The monoisotopic (exact) mass is 284 g/mol. The number of aromatic amines is 1. The lowest BCUT2D eigenvalue weighted by Gasteiger charge is -2.04. The van der Waals surface area contributed by atoms with Crippen LogP contribution in [0.2, 0.25) is 10.0 Å². The number of carbonyl (C=O) groups excluding carboxylic acids is 1. The number of aromatic nitrogens is 2. The molecule has 1 heterocycles. The first-order valence-corrected chi connectivity index (χ1v) is 5.93. The smallest absolute Gasteiger partial charge is 0.277 e. The largest absolute Gasteiger partial charge is 0.299 e. The summed E-state index contributed by atoms with van der Waals surface area (Å²) in [5.74, 6) is -0.468. The first-order valence-electron chi connectivity index (χ1n) is 5.17. The van der Waals surface area contributed by atoms with Gasteiger partial charge in [-0.2, -0.15) is 0 Å². The fraction of sp³-hybridized carbons (Fsp3) is 0.167. The quantitative estimate of drug-likeness (QED) is 0.862. The molecule has 1 aromatic heterocycles. The lowest BCUT2D eigenvalue weighted by molar-refractivity contribution is 0.103. The molecule has 0 fully saturated rings. The van der Waals surface area contributed by atoms with Crippen LogP contribution in [-0.2, 0) is 7.05 Å². The Morgan fingerprint density at radius 1 is 1.22 bits per heavy atom. The number of nitrogens with one attached hydrogen (secondary N) is 1. The lowest BCUT2D eigenvalue weighted by atomic mass is 10.0. The zero-order chi connectivity index (χ0) is 13.4. The van der Waals surface area contributed by atoms with E-state index in [4.69, 9.17) is 23.2 Å². The zero-order valence-corrected chi connectivity index (χ0v) is 11.3. The maximum atomic E-state index is 12.3. The van der Waals surface area contributed by atoms with Gasteiger partial charge < -0.3 is 0 Å². The predicted molar refractivity (Wildman–Crippen MR) is 70.7 cm³/mol. The topological polar surface area (TPSA) is 54.9 Å². The molecule has 0 saturated heterocycles. The molecule has 0 unspecified atom stereocenters. The summed E-state index contributed by atoms with van der Waals surface area (Å²) >= 11 is 11.9. The highest BCUT2D eigenvalue weighted by Gasteiger charge is 2.23. The van der Waals surface area contributed by atoms with E-state index in [0.29, 0.717) is 5.69 Å². The number of halogens is 2. The third-order valence-electron chi connectivity index (χ3n) is 2.65. The van der Waals surface area contributed by atoms with E-state index in [0.717, 1.165) is 0 Å². The summed E-state index contributed by atoms with van der Waals surface area (Å²) in [7, 11) is 1.54. The Balaban J connectivity index is 2.66. The molecule has 2 rings (SSSR count). The van der Waals surface area contributed by atoms with E-state index >= 15 is 0 Å². The average Bonchev–Trinajstić information content (AvgIpc) is 2.52. The third kappa shape index (κ3) is 1.98. The molecule has 4 nitrogen and oxygen atoms in total. The van der Waals surface area contributed by atoms with Crippen molar-refractivity contribution in [3.63, 3.8) is 0 Å². The van der Waals surface area contributed by atoms with Gasteiger partial charge in [0.1, 0.15) is 5.56 Å². The molecule has 2 aromatic rings. The molecule has 0 spiro atoms. The molecule has 0 aliphatic rings. The molecule has 0 bridgehead atoms. The molecule has 18 heavy (non-hydrogen) atoms. The van der Waals surface area contributed by atoms with Gasteiger partial charge in [-0.3, -0.25) is 19.4 Å². The van der Waals surface area contributed by atoms with Gasteiger partial charge in [-0.05, 0) is 19.1 Å². The van der Waals surface area contributed by atoms with Gasteiger partial charge in [0.15, 0.2) is 0 Å². The van der Waals surface area contributed by atoms with Gasteiger partial charge in [-0.25, -0.2) is 0 Å². The van der Waals surface area contributed by atoms with Crippen molar-refractivity contribution >= 4 is 29.0 Å². The maximum Gasteiger partial charge on any atom is 0.277 e. The molecule has 0 saturated carbocycles. The van der Waals surface area contributed by atoms with Crippen LogP contribution in [0.25, 0.3) is 0 Å². The molecular weight excluding hydrogens is 275 g/mol. The van der Waals surface area contributed by atoms with Crippen LogP contribution in [0.5, 0.6) is 0 Å². The highest BCUT2D eigenvalue weighted by molar-refractivity contribution is 6.41. The number of rotatable bonds is 2. The van der Waals surface area contributed by atoms with E-state index in [2.05, 4.69) is 5.10 Å². The van der Waals surface area contributed by atoms with Crippen molar-refractivity contribution < 1.29 is 4.79 Å². The molecule has 0 radical (unpaired) electrons. The van der Waals surface area contributed by atoms with Gasteiger partial charge in [0.05, 0.1) is 15.6 Å². The number of H-pyrrole nitrogens is 1. The second-order valence-electron chi connectivity index (χ2n) is 3.90. The Morgan fingerprint density at radius 3 is 2.22 bits per heavy atom. The fourth-order valence-corrected chi connectivity index (χ4v) is 2.36. The van der Waals surface area contributed by atoms with Crippen molar-refractivity contribution in [1.82, 2.24) is 9.78 Å². The van der Waals surface area contributed by atoms with Gasteiger partial charge in [0.25, 0.3) is 5.56 Å². The van der Waals surface area contributed by atoms with Crippen LogP contribution in [0, 0.1) is 6.92 Å². The molecule has 0 amide bonds. The van der Waals surface area contributed by atoms with Gasteiger partial charge >= 0.3 is 0 Å². The van der Waals surface area contributed by atoms with E-state index < -0.39 is 11.3 Å². The Morgan fingerprint density at radius 2 is 1.78 bits per heavy atom. The van der Waals surface area contributed by atoms with Crippen LogP contribution in [0.4, 0.5) is 0 Å². The normalized spacial score (nSPS) is 10.7. The standard InChI is InChI=1S/C12H10Cl2N2O2/c1-6-9(12(18)16(2)15-6)11(17)10-7(13)4-3-5-8(10)14/h3-5,15H,1-2H3. The minimum atomic E-state index is -0.468. The Hall–Kier alpha value is -1.52. The number of aryl methyl sites for hydroxylation is 2. The van der Waals surface area contributed by atoms with Crippen LogP contribution in [0.3, 0.4) is 0 Å². The number of nitrogens with zero attached hydrogens (tertiary/aromatic N) is 1. The van der Waals surface area contributed by atoms with Crippen molar-refractivity contribution in [3.05, 3.63) is 55.4 Å². The third-order valence-corrected chi connectivity index (χ3v) is 3.28. The Labute approximate surface area is 113 Å². The van der Waals surface area contributed by atoms with Crippen LogP contribution >= 0.6 is 23.2 Å². The molecule has 6 heteroatoms. The minimum absolute atomic E-state index is 0.0625. The van der Waals surface area contributed by atoms with Gasteiger partial charge in [0.2, 0.25) is 5.78 Å². The molecule has 0 aliphatic carbocycles. The average molecular weight is 285 g/mol. The van der Waals surface area contributed by atoms with Crippen molar-refractivity contribution in [3.8, 4) is 0 Å². The molecule has 1 aromatic carbocycles. The summed E-state index contributed by atoms with van der Waals surface area (Å²) in [4.78, 5) is 24.2. The molecule has 0 atom stereocenters. The SMILES string of the molecule is Cc1[nH]n(C)c(=O)c1C(=O)c1c(Cl)cccc1Cl. The van der Waals surface area contributed by atoms with Crippen LogP contribution in [0.15, 0.2) is 23.0 Å². The lowest BCUT2D eigenvalue weighted by Crippen LogP contribution is -2.20. The van der Waals surface area contributed by atoms with Gasteiger partial charge in [-0.1, -0.05) is 29.3 Å². The fourth-order valence-electron chi connectivity index (χ4n) is 1.79. The summed E-state index contributed by atoms with van der Waals surface area (Å²) in [5.41, 5.74) is 0.310. The summed E-state index contributed by atoms with van der Waals surface area (Å²) in [5, 5.41) is 3.23. The maximum absolute atomic E-state index is 12.3. The first kappa shape index (κ1) is 12.9. The molecular formula is C12H10Cl2N2O2. The van der Waals surface area contributed by atoms with Gasteiger partial charge in [0, 0.05) is 12.7 Å². The number of ketones is 1. The van der Waals surface area contributed by atoms with Crippen LogP contribution in [0.1, 0.15) is 21.6 Å². The van der Waals surface area contributed by atoms with E-state index in [1.54, 1.807) is 32.2 Å². The number of carbonyl (C=O) groups is 1. The Kier molecular flexibility index (Phi) is 3.32. The second-order valence-corrected chi connectivity index (χ2v) is 4.72. The van der Waals surface area contributed by atoms with Crippen molar-refractivity contribution in [2.24, 2.45) is 7.05 Å². The van der Waals surface area contributed by atoms with E-state index in [1.807, 2.05) is 0 Å². The van der Waals surface area contributed by atoms with Crippen LogP contribution < -0.4 is 5.56 Å². The van der Waals surface area contributed by atoms with E-state index in [9.17, 15) is 9.59 Å². The predicted octanol–water partition coefficient (Wildman–Crippen LogP) is 2.56. The highest BCUT2D eigenvalue weighted by Crippen LogP contribution is 2.26.